The number of carbonyl (C=O) groups is 4. The highest BCUT2D eigenvalue weighted by Crippen LogP contribution is 2.34. The number of aromatic nitrogens is 4. The van der Waals surface area contributed by atoms with Gasteiger partial charge < -0.3 is 20.4 Å². The van der Waals surface area contributed by atoms with E-state index in [1.807, 2.05) is 25.4 Å². The van der Waals surface area contributed by atoms with Crippen LogP contribution in [0.3, 0.4) is 0 Å². The van der Waals surface area contributed by atoms with E-state index in [1.165, 1.54) is 5.69 Å². The van der Waals surface area contributed by atoms with E-state index in [-0.39, 0.29) is 18.7 Å². The van der Waals surface area contributed by atoms with E-state index in [4.69, 9.17) is 4.98 Å². The Balaban J connectivity index is 0.766. The van der Waals surface area contributed by atoms with Gasteiger partial charge in [0.2, 0.25) is 17.8 Å². The van der Waals surface area contributed by atoms with Gasteiger partial charge in [-0.2, -0.15) is 10.1 Å². The zero-order valence-electron chi connectivity index (χ0n) is 32.3. The number of nitrogens with one attached hydrogen (secondary N) is 3. The quantitative estimate of drug-likeness (QED) is 0.180. The second-order valence-corrected chi connectivity index (χ2v) is 15.5. The average Bonchev–Trinajstić information content (AvgIpc) is 3.87. The number of amides is 4. The van der Waals surface area contributed by atoms with Gasteiger partial charge in [-0.25, -0.2) is 9.67 Å². The van der Waals surface area contributed by atoms with Crippen molar-refractivity contribution >= 4 is 69.2 Å². The predicted molar refractivity (Wildman–Crippen MR) is 217 cm³/mol. The third kappa shape index (κ3) is 6.92. The molecule has 0 saturated carbocycles. The molecule has 2 atom stereocenters. The van der Waals surface area contributed by atoms with E-state index in [0.29, 0.717) is 23.0 Å². The van der Waals surface area contributed by atoms with Crippen LogP contribution in [0.5, 0.6) is 0 Å². The number of piperazine rings is 1. The van der Waals surface area contributed by atoms with E-state index < -0.39 is 23.8 Å². The predicted octanol–water partition coefficient (Wildman–Crippen LogP) is 4.52. The molecule has 4 aliphatic heterocycles. The van der Waals surface area contributed by atoms with Crippen LogP contribution >= 0.6 is 0 Å². The van der Waals surface area contributed by atoms with Crippen LogP contribution in [0.25, 0.3) is 11.0 Å². The first kappa shape index (κ1) is 36.3. The van der Waals surface area contributed by atoms with Crippen molar-refractivity contribution in [1.29, 1.82) is 0 Å². The molecular weight excluding hydrogens is 723 g/mol. The molecule has 3 saturated heterocycles. The van der Waals surface area contributed by atoms with Gasteiger partial charge in [0.1, 0.15) is 6.04 Å². The van der Waals surface area contributed by atoms with Gasteiger partial charge >= 0.3 is 0 Å². The summed E-state index contributed by atoms with van der Waals surface area (Å²) in [5, 5.41) is 14.6. The Morgan fingerprint density at radius 1 is 0.807 bits per heavy atom. The highest BCUT2D eigenvalue weighted by atomic mass is 16.2. The third-order valence-corrected chi connectivity index (χ3v) is 11.8. The lowest BCUT2D eigenvalue weighted by Crippen LogP contribution is -2.54. The molecule has 6 heterocycles. The first-order valence-electron chi connectivity index (χ1n) is 19.6. The number of rotatable bonds is 9. The fraction of sp³-hybridized carbons (Fsp3) is 0.357. The van der Waals surface area contributed by atoms with E-state index in [1.54, 1.807) is 16.8 Å². The van der Waals surface area contributed by atoms with Crippen LogP contribution in [-0.4, -0.2) is 105 Å². The standard InChI is InChI=1S/C42H45N11O4/c1-25-5-4-6-26(2)36(25)46-37-33-22-43-42(47-38(33)49(3)48-37)44-28-7-9-29(10-8-28)51-19-17-50(18-20-51)23-27-15-16-52(24-27)30-11-12-31-32(21-30)41(57)53(40(31)56)34-13-14-35(54)45-39(34)55/h4-12,21-22,27,34H,13-20,23-24H2,1-3H3,(H,46,48)(H,43,44,47)(H,45,54,55)/t27-,34?/m0/s1. The number of imide groups is 2. The molecule has 0 bridgehead atoms. The summed E-state index contributed by atoms with van der Waals surface area (Å²) in [5.41, 5.74) is 7.69. The lowest BCUT2D eigenvalue weighted by Gasteiger charge is -2.37. The van der Waals surface area contributed by atoms with Gasteiger partial charge in [-0.05, 0) is 86.2 Å². The maximum absolute atomic E-state index is 13.4. The van der Waals surface area contributed by atoms with Gasteiger partial charge in [0.05, 0.1) is 16.5 Å². The first-order chi connectivity index (χ1) is 27.6. The molecule has 0 aliphatic carbocycles. The maximum atomic E-state index is 13.4. The van der Waals surface area contributed by atoms with Crippen LogP contribution in [0.15, 0.2) is 66.9 Å². The molecule has 1 unspecified atom stereocenters. The van der Waals surface area contributed by atoms with E-state index in [0.717, 1.165) is 102 Å². The molecule has 9 rings (SSSR count). The molecule has 15 heteroatoms. The van der Waals surface area contributed by atoms with Crippen molar-refractivity contribution in [2.45, 2.75) is 39.2 Å². The molecule has 2 aromatic heterocycles. The minimum absolute atomic E-state index is 0.0990. The van der Waals surface area contributed by atoms with Crippen LogP contribution < -0.4 is 25.8 Å². The second-order valence-electron chi connectivity index (χ2n) is 15.5. The lowest BCUT2D eigenvalue weighted by molar-refractivity contribution is -0.136. The minimum atomic E-state index is -0.965. The van der Waals surface area contributed by atoms with Gasteiger partial charge in [-0.3, -0.25) is 34.3 Å². The molecule has 15 nitrogen and oxygen atoms in total. The number of piperidine rings is 1. The number of fused-ring (bicyclic) bond motifs is 2. The fourth-order valence-electron chi connectivity index (χ4n) is 8.63. The van der Waals surface area contributed by atoms with Gasteiger partial charge in [0.25, 0.3) is 11.8 Å². The Kier molecular flexibility index (Phi) is 9.31. The Morgan fingerprint density at radius 3 is 2.30 bits per heavy atom. The number of hydrogen-bond acceptors (Lipinski definition) is 12. The van der Waals surface area contributed by atoms with Crippen LogP contribution in [0.1, 0.15) is 51.1 Å². The number of anilines is 6. The smallest absolute Gasteiger partial charge is 0.262 e. The summed E-state index contributed by atoms with van der Waals surface area (Å²) < 4.78 is 1.77. The zero-order chi connectivity index (χ0) is 39.4. The molecule has 3 fully saturated rings. The molecule has 3 N–H and O–H groups in total. The number of carbonyl (C=O) groups excluding carboxylic acids is 4. The first-order valence-corrected chi connectivity index (χ1v) is 19.6. The summed E-state index contributed by atoms with van der Waals surface area (Å²) in [6.45, 7) is 10.7. The lowest BCUT2D eigenvalue weighted by atomic mass is 10.0. The summed E-state index contributed by atoms with van der Waals surface area (Å²) >= 11 is 0. The van der Waals surface area contributed by atoms with E-state index in [9.17, 15) is 19.2 Å². The Hall–Kier alpha value is -6.35. The number of benzene rings is 3. The normalized spacial score (nSPS) is 20.1. The molecule has 5 aromatic rings. The van der Waals surface area contributed by atoms with Crippen molar-refractivity contribution in [3.05, 3.63) is 89.1 Å². The topological polar surface area (TPSA) is 161 Å². The molecule has 57 heavy (non-hydrogen) atoms. The van der Waals surface area contributed by atoms with Gasteiger partial charge in [0, 0.05) is 88.2 Å². The summed E-state index contributed by atoms with van der Waals surface area (Å²) in [6, 6.07) is 19.0. The van der Waals surface area contributed by atoms with Gasteiger partial charge in [-0.15, -0.1) is 0 Å². The number of para-hydroxylation sites is 1. The SMILES string of the molecule is Cc1cccc(C)c1Nc1nn(C)c2nc(Nc3ccc(N4CCN(C[C@@H]5CCN(c6ccc7c(c6)C(=O)N(C6CCC(=O)NC6=O)C7=O)C5)CC4)cc3)ncc12. The summed E-state index contributed by atoms with van der Waals surface area (Å²) in [6.07, 6.45) is 3.10. The van der Waals surface area contributed by atoms with Gasteiger partial charge in [0.15, 0.2) is 11.5 Å². The second kappa shape index (κ2) is 14.6. The van der Waals surface area contributed by atoms with E-state index >= 15 is 0 Å². The minimum Gasteiger partial charge on any atom is -0.371 e. The third-order valence-electron chi connectivity index (χ3n) is 11.8. The van der Waals surface area contributed by atoms with Crippen LogP contribution in [-0.2, 0) is 16.6 Å². The summed E-state index contributed by atoms with van der Waals surface area (Å²) in [5.74, 6) is -0.219. The monoisotopic (exact) mass is 767 g/mol. The Labute approximate surface area is 330 Å². The number of hydrogen-bond donors (Lipinski definition) is 3. The molecule has 3 aromatic carbocycles. The van der Waals surface area contributed by atoms with E-state index in [2.05, 4.69) is 91.0 Å². The molecule has 0 spiro atoms. The van der Waals surface area contributed by atoms with Crippen molar-refractivity contribution in [2.24, 2.45) is 13.0 Å². The van der Waals surface area contributed by atoms with Crippen molar-refractivity contribution in [1.82, 2.24) is 34.9 Å². The zero-order valence-corrected chi connectivity index (χ0v) is 32.3. The van der Waals surface area contributed by atoms with Gasteiger partial charge in [-0.1, -0.05) is 18.2 Å². The number of aryl methyl sites for hydroxylation is 3. The molecule has 0 radical (unpaired) electrons. The molecule has 4 aliphatic rings. The highest BCUT2D eigenvalue weighted by molar-refractivity contribution is 6.23. The highest BCUT2D eigenvalue weighted by Gasteiger charge is 2.45. The molecule has 4 amide bonds. The summed E-state index contributed by atoms with van der Waals surface area (Å²) in [4.78, 5) is 68.2. The van der Waals surface area contributed by atoms with Crippen molar-refractivity contribution in [3.63, 3.8) is 0 Å². The van der Waals surface area contributed by atoms with Crippen LogP contribution in [0.2, 0.25) is 0 Å². The van der Waals surface area contributed by atoms with Crippen molar-refractivity contribution < 1.29 is 19.2 Å². The Bertz CT molecular complexity index is 2400. The van der Waals surface area contributed by atoms with Crippen molar-refractivity contribution in [3.8, 4) is 0 Å². The fourth-order valence-corrected chi connectivity index (χ4v) is 8.63. The summed E-state index contributed by atoms with van der Waals surface area (Å²) in [7, 11) is 1.89. The largest absolute Gasteiger partial charge is 0.371 e. The molecule has 292 valence electrons. The van der Waals surface area contributed by atoms with Crippen LogP contribution in [0, 0.1) is 19.8 Å². The Morgan fingerprint density at radius 2 is 1.54 bits per heavy atom. The average molecular weight is 768 g/mol. The van der Waals surface area contributed by atoms with Crippen LogP contribution in [0.4, 0.5) is 34.5 Å². The van der Waals surface area contributed by atoms with Crippen molar-refractivity contribution in [2.75, 3.05) is 66.2 Å². The molecular formula is C42H45N11O4. The number of nitrogens with zero attached hydrogens (tertiary/aromatic N) is 8. The maximum Gasteiger partial charge on any atom is 0.262 e.